The number of ether oxygens (including phenoxy) is 1. The first-order chi connectivity index (χ1) is 10.1. The summed E-state index contributed by atoms with van der Waals surface area (Å²) in [6, 6.07) is 11.3. The van der Waals surface area contributed by atoms with E-state index in [-0.39, 0.29) is 0 Å². The Bertz CT molecular complexity index is 470. The van der Waals surface area contributed by atoms with Gasteiger partial charge in [0.25, 0.3) is 0 Å². The normalized spacial score (nSPS) is 12.9. The molecule has 0 spiro atoms. The van der Waals surface area contributed by atoms with Gasteiger partial charge in [-0.05, 0) is 32.4 Å². The van der Waals surface area contributed by atoms with Gasteiger partial charge in [-0.25, -0.2) is 4.79 Å². The van der Waals surface area contributed by atoms with Crippen molar-refractivity contribution >= 4 is 11.8 Å². The van der Waals surface area contributed by atoms with Crippen LogP contribution in [0.25, 0.3) is 0 Å². The van der Waals surface area contributed by atoms with Gasteiger partial charge in [0.05, 0.1) is 6.07 Å². The van der Waals surface area contributed by atoms with Crippen molar-refractivity contribution in [3.05, 3.63) is 30.3 Å². The summed E-state index contributed by atoms with van der Waals surface area (Å²) in [5.74, 6) is 0. The van der Waals surface area contributed by atoms with Crippen molar-refractivity contribution in [2.45, 2.75) is 45.9 Å². The SMILES string of the molecule is CCCCNC(=O)OC(C)N(c1ccccc1)C(C)C#N. The number of nitrogens with zero attached hydrogens (tertiary/aromatic N) is 2. The summed E-state index contributed by atoms with van der Waals surface area (Å²) in [7, 11) is 0. The highest BCUT2D eigenvalue weighted by Gasteiger charge is 2.23. The van der Waals surface area contributed by atoms with Gasteiger partial charge in [-0.1, -0.05) is 31.5 Å². The highest BCUT2D eigenvalue weighted by molar-refractivity contribution is 5.67. The van der Waals surface area contributed by atoms with Crippen molar-refractivity contribution < 1.29 is 9.53 Å². The van der Waals surface area contributed by atoms with Gasteiger partial charge in [0, 0.05) is 12.2 Å². The van der Waals surface area contributed by atoms with Gasteiger partial charge in [-0.3, -0.25) is 0 Å². The van der Waals surface area contributed by atoms with E-state index in [4.69, 9.17) is 4.74 Å². The lowest BCUT2D eigenvalue weighted by atomic mass is 10.2. The molecule has 0 bridgehead atoms. The Hall–Kier alpha value is -2.22. The molecule has 0 aliphatic heterocycles. The van der Waals surface area contributed by atoms with Crippen molar-refractivity contribution in [1.82, 2.24) is 5.32 Å². The molecule has 1 rings (SSSR count). The van der Waals surface area contributed by atoms with Crippen molar-refractivity contribution in [2.24, 2.45) is 0 Å². The maximum absolute atomic E-state index is 11.7. The summed E-state index contributed by atoms with van der Waals surface area (Å²) >= 11 is 0. The van der Waals surface area contributed by atoms with Gasteiger partial charge in [0.2, 0.25) is 0 Å². The molecular formula is C16H23N3O2. The molecule has 114 valence electrons. The summed E-state index contributed by atoms with van der Waals surface area (Å²) in [4.78, 5) is 13.5. The summed E-state index contributed by atoms with van der Waals surface area (Å²) in [6.07, 6.45) is 0.948. The van der Waals surface area contributed by atoms with Crippen molar-refractivity contribution in [2.75, 3.05) is 11.4 Å². The van der Waals surface area contributed by atoms with Crippen LogP contribution in [-0.4, -0.2) is 24.9 Å². The van der Waals surface area contributed by atoms with Crippen LogP contribution in [0, 0.1) is 11.3 Å². The number of carbonyl (C=O) groups is 1. The Labute approximate surface area is 126 Å². The third-order valence-electron chi connectivity index (χ3n) is 3.13. The molecule has 2 atom stereocenters. The molecule has 0 aliphatic carbocycles. The molecule has 21 heavy (non-hydrogen) atoms. The van der Waals surface area contributed by atoms with E-state index in [0.29, 0.717) is 6.54 Å². The zero-order valence-electron chi connectivity index (χ0n) is 12.9. The van der Waals surface area contributed by atoms with Gasteiger partial charge in [-0.2, -0.15) is 5.26 Å². The third kappa shape index (κ3) is 5.35. The Balaban J connectivity index is 2.71. The third-order valence-corrected chi connectivity index (χ3v) is 3.13. The molecule has 0 aliphatic rings. The van der Waals surface area contributed by atoms with Crippen molar-refractivity contribution in [3.63, 3.8) is 0 Å². The van der Waals surface area contributed by atoms with Crippen molar-refractivity contribution in [1.29, 1.82) is 5.26 Å². The fourth-order valence-electron chi connectivity index (χ4n) is 2.03. The lowest BCUT2D eigenvalue weighted by Crippen LogP contribution is -2.44. The van der Waals surface area contributed by atoms with Gasteiger partial charge >= 0.3 is 6.09 Å². The Kier molecular flexibility index (Phi) is 7.10. The molecule has 1 N–H and O–H groups in total. The number of unbranched alkanes of at least 4 members (excludes halogenated alkanes) is 1. The minimum absolute atomic E-state index is 0.397. The van der Waals surface area contributed by atoms with Gasteiger partial charge in [0.15, 0.2) is 6.23 Å². The smallest absolute Gasteiger partial charge is 0.409 e. The van der Waals surface area contributed by atoms with Gasteiger partial charge in [-0.15, -0.1) is 0 Å². The molecule has 2 unspecified atom stereocenters. The molecule has 0 saturated carbocycles. The minimum atomic E-state index is -0.524. The predicted octanol–water partition coefficient (Wildman–Crippen LogP) is 3.28. The Morgan fingerprint density at radius 2 is 2.05 bits per heavy atom. The van der Waals surface area contributed by atoms with Crippen LogP contribution >= 0.6 is 0 Å². The molecule has 5 heteroatoms. The number of benzene rings is 1. The Morgan fingerprint density at radius 3 is 2.62 bits per heavy atom. The number of hydrogen-bond acceptors (Lipinski definition) is 4. The van der Waals surface area contributed by atoms with Crippen LogP contribution in [0.4, 0.5) is 10.5 Å². The van der Waals surface area contributed by atoms with E-state index in [2.05, 4.69) is 18.3 Å². The van der Waals surface area contributed by atoms with E-state index in [1.807, 2.05) is 30.3 Å². The quantitative estimate of drug-likeness (QED) is 0.618. The number of para-hydroxylation sites is 1. The van der Waals surface area contributed by atoms with Crippen molar-refractivity contribution in [3.8, 4) is 6.07 Å². The second-order valence-electron chi connectivity index (χ2n) is 4.83. The number of anilines is 1. The number of carbonyl (C=O) groups excluding carboxylic acids is 1. The summed E-state index contributed by atoms with van der Waals surface area (Å²) in [5.41, 5.74) is 0.848. The molecule has 0 aromatic heterocycles. The van der Waals surface area contributed by atoms with E-state index < -0.39 is 18.4 Å². The fourth-order valence-corrected chi connectivity index (χ4v) is 2.03. The highest BCUT2D eigenvalue weighted by Crippen LogP contribution is 2.20. The summed E-state index contributed by atoms with van der Waals surface area (Å²) in [6.45, 7) is 6.20. The molecule has 0 heterocycles. The summed E-state index contributed by atoms with van der Waals surface area (Å²) in [5, 5.41) is 11.9. The van der Waals surface area contributed by atoms with E-state index in [9.17, 15) is 10.1 Å². The molecule has 1 aromatic carbocycles. The van der Waals surface area contributed by atoms with E-state index in [1.165, 1.54) is 0 Å². The number of alkyl carbamates (subject to hydrolysis) is 1. The molecule has 5 nitrogen and oxygen atoms in total. The van der Waals surface area contributed by atoms with Crippen LogP contribution in [0.15, 0.2) is 30.3 Å². The van der Waals surface area contributed by atoms with Crippen LogP contribution in [0.3, 0.4) is 0 Å². The highest BCUT2D eigenvalue weighted by atomic mass is 16.6. The first-order valence-corrected chi connectivity index (χ1v) is 7.27. The zero-order valence-corrected chi connectivity index (χ0v) is 12.9. The minimum Gasteiger partial charge on any atom is -0.426 e. The molecule has 0 fully saturated rings. The number of nitriles is 1. The number of rotatable bonds is 7. The summed E-state index contributed by atoms with van der Waals surface area (Å²) < 4.78 is 5.36. The molecule has 1 amide bonds. The molecule has 1 aromatic rings. The first-order valence-electron chi connectivity index (χ1n) is 7.27. The monoisotopic (exact) mass is 289 g/mol. The van der Waals surface area contributed by atoms with Gasteiger partial charge in [0.1, 0.15) is 6.04 Å². The first kappa shape index (κ1) is 16.8. The molecule has 0 radical (unpaired) electrons. The standard InChI is InChI=1S/C16H23N3O2/c1-4-5-11-18-16(20)21-14(3)19(13(2)12-17)15-9-7-6-8-10-15/h6-10,13-14H,4-5,11H2,1-3H3,(H,18,20). The van der Waals surface area contributed by atoms with E-state index in [0.717, 1.165) is 18.5 Å². The lowest BCUT2D eigenvalue weighted by Gasteiger charge is -2.32. The maximum atomic E-state index is 11.7. The Morgan fingerprint density at radius 1 is 1.38 bits per heavy atom. The topological polar surface area (TPSA) is 65.4 Å². The van der Waals surface area contributed by atoms with Crippen LogP contribution in [-0.2, 0) is 4.74 Å². The average Bonchev–Trinajstić information content (AvgIpc) is 2.48. The second kappa shape index (κ2) is 8.85. The van der Waals surface area contributed by atoms with Crippen LogP contribution < -0.4 is 10.2 Å². The fraction of sp³-hybridized carbons (Fsp3) is 0.500. The van der Waals surface area contributed by atoms with Crippen LogP contribution in [0.1, 0.15) is 33.6 Å². The number of nitrogens with one attached hydrogen (secondary N) is 1. The van der Waals surface area contributed by atoms with E-state index >= 15 is 0 Å². The zero-order chi connectivity index (χ0) is 15.7. The van der Waals surface area contributed by atoms with Gasteiger partial charge < -0.3 is 15.0 Å². The largest absolute Gasteiger partial charge is 0.426 e. The number of amides is 1. The maximum Gasteiger partial charge on any atom is 0.409 e. The lowest BCUT2D eigenvalue weighted by molar-refractivity contribution is 0.102. The average molecular weight is 289 g/mol. The predicted molar refractivity (Wildman–Crippen MR) is 82.8 cm³/mol. The van der Waals surface area contributed by atoms with Crippen LogP contribution in [0.2, 0.25) is 0 Å². The second-order valence-corrected chi connectivity index (χ2v) is 4.83. The van der Waals surface area contributed by atoms with Crippen LogP contribution in [0.5, 0.6) is 0 Å². The molecule has 0 saturated heterocycles. The number of hydrogen-bond donors (Lipinski definition) is 1. The van der Waals surface area contributed by atoms with E-state index in [1.54, 1.807) is 18.7 Å². The molecular weight excluding hydrogens is 266 g/mol.